The average molecular weight is 497 g/mol. The van der Waals surface area contributed by atoms with E-state index in [1.807, 2.05) is 41.8 Å². The van der Waals surface area contributed by atoms with Crippen LogP contribution in [-0.2, 0) is 6.42 Å². The molecule has 0 aliphatic heterocycles. The van der Waals surface area contributed by atoms with E-state index in [1.54, 1.807) is 32.3 Å². The number of carbonyl (C=O) groups is 1. The van der Waals surface area contributed by atoms with E-state index in [-0.39, 0.29) is 17.8 Å². The standard InChI is InChI=1S/C25H25ClN4O3S/c1-13(27)23(14(2)31)16-8-9-20-19(10-16)29-12-30(20)22-11-21(24(34-22)25(28)32)33-15(3)17-6-4-5-7-18(17)26/h4-9,11-12,15-16,27,31H,10H2,1-3H3,(H2,28,32)/b23-14+,27-13?. The number of aromatic nitrogens is 2. The number of ether oxygens (including phenoxy) is 1. The maximum atomic E-state index is 12.2. The molecule has 9 heteroatoms. The fourth-order valence-corrected chi connectivity index (χ4v) is 5.42. The second kappa shape index (κ2) is 9.48. The van der Waals surface area contributed by atoms with Gasteiger partial charge in [-0.2, -0.15) is 0 Å². The van der Waals surface area contributed by atoms with Crippen LogP contribution in [0.3, 0.4) is 0 Å². The van der Waals surface area contributed by atoms with Crippen LogP contribution in [0.5, 0.6) is 5.75 Å². The molecular weight excluding hydrogens is 472 g/mol. The molecule has 1 aliphatic carbocycles. The van der Waals surface area contributed by atoms with Gasteiger partial charge in [-0.3, -0.25) is 9.36 Å². The molecule has 2 unspecified atom stereocenters. The number of aliphatic hydroxyl groups is 1. The molecule has 1 aliphatic rings. The third-order valence-electron chi connectivity index (χ3n) is 5.74. The van der Waals surface area contributed by atoms with E-state index in [2.05, 4.69) is 4.98 Å². The maximum Gasteiger partial charge on any atom is 0.262 e. The first-order valence-electron chi connectivity index (χ1n) is 10.7. The van der Waals surface area contributed by atoms with Crippen molar-refractivity contribution in [1.29, 1.82) is 5.41 Å². The number of halogens is 1. The molecule has 7 nitrogen and oxygen atoms in total. The first-order valence-corrected chi connectivity index (χ1v) is 11.9. The summed E-state index contributed by atoms with van der Waals surface area (Å²) < 4.78 is 8.00. The topological polar surface area (TPSA) is 114 Å². The second-order valence-electron chi connectivity index (χ2n) is 8.16. The van der Waals surface area contributed by atoms with E-state index in [4.69, 9.17) is 27.5 Å². The van der Waals surface area contributed by atoms with Crippen molar-refractivity contribution in [3.05, 3.63) is 80.9 Å². The number of nitrogens with two attached hydrogens (primary N) is 1. The van der Waals surface area contributed by atoms with E-state index in [0.717, 1.165) is 22.0 Å². The molecular formula is C25H25ClN4O3S. The summed E-state index contributed by atoms with van der Waals surface area (Å²) in [4.78, 5) is 17.0. The number of allylic oxidation sites excluding steroid dienone is 3. The van der Waals surface area contributed by atoms with E-state index in [1.165, 1.54) is 11.3 Å². The Hall–Kier alpha value is -3.36. The minimum Gasteiger partial charge on any atom is -0.512 e. The first kappa shape index (κ1) is 23.8. The van der Waals surface area contributed by atoms with Gasteiger partial charge in [-0.25, -0.2) is 4.98 Å². The first-order chi connectivity index (χ1) is 16.2. The molecule has 34 heavy (non-hydrogen) atoms. The predicted octanol–water partition coefficient (Wildman–Crippen LogP) is 5.88. The van der Waals surface area contributed by atoms with Gasteiger partial charge in [0.2, 0.25) is 0 Å². The molecule has 2 heterocycles. The second-order valence-corrected chi connectivity index (χ2v) is 9.60. The number of rotatable bonds is 7. The number of primary amides is 1. The van der Waals surface area contributed by atoms with Crippen molar-refractivity contribution >= 4 is 40.6 Å². The van der Waals surface area contributed by atoms with Gasteiger partial charge in [0.1, 0.15) is 28.1 Å². The Morgan fingerprint density at radius 3 is 2.76 bits per heavy atom. The summed E-state index contributed by atoms with van der Waals surface area (Å²) in [5, 5.41) is 19.4. The minimum absolute atomic E-state index is 0.127. The maximum absolute atomic E-state index is 12.2. The molecule has 3 aromatic rings. The predicted molar refractivity (Wildman–Crippen MR) is 135 cm³/mol. The zero-order valence-corrected chi connectivity index (χ0v) is 20.6. The van der Waals surface area contributed by atoms with Gasteiger partial charge < -0.3 is 21.0 Å². The highest BCUT2D eigenvalue weighted by atomic mass is 35.5. The van der Waals surface area contributed by atoms with Crippen molar-refractivity contribution in [1.82, 2.24) is 9.55 Å². The Balaban J connectivity index is 1.66. The summed E-state index contributed by atoms with van der Waals surface area (Å²) >= 11 is 7.53. The Bertz CT molecular complexity index is 1330. The molecule has 0 spiro atoms. The van der Waals surface area contributed by atoms with Crippen molar-refractivity contribution in [3.8, 4) is 10.8 Å². The highest BCUT2D eigenvalue weighted by Crippen LogP contribution is 2.38. The third kappa shape index (κ3) is 4.51. The lowest BCUT2D eigenvalue weighted by Crippen LogP contribution is -2.16. The normalized spacial score (nSPS) is 16.5. The van der Waals surface area contributed by atoms with Crippen molar-refractivity contribution in [2.24, 2.45) is 11.7 Å². The third-order valence-corrected chi connectivity index (χ3v) is 7.22. The Kier molecular flexibility index (Phi) is 6.63. The molecule has 176 valence electrons. The molecule has 0 saturated heterocycles. The summed E-state index contributed by atoms with van der Waals surface area (Å²) in [6.45, 7) is 5.13. The fourth-order valence-electron chi connectivity index (χ4n) is 4.20. The summed E-state index contributed by atoms with van der Waals surface area (Å²) in [5.74, 6) is -0.167. The van der Waals surface area contributed by atoms with Crippen LogP contribution in [0.2, 0.25) is 5.02 Å². The van der Waals surface area contributed by atoms with E-state index in [9.17, 15) is 9.90 Å². The fraction of sp³-hybridized carbons (Fsp3) is 0.240. The molecule has 0 saturated carbocycles. The number of hydrogen-bond donors (Lipinski definition) is 3. The molecule has 0 fully saturated rings. The summed E-state index contributed by atoms with van der Waals surface area (Å²) in [6, 6.07) is 9.18. The van der Waals surface area contributed by atoms with Crippen molar-refractivity contribution < 1.29 is 14.6 Å². The molecule has 4 rings (SSSR count). The highest BCUT2D eigenvalue weighted by Gasteiger charge is 2.26. The van der Waals surface area contributed by atoms with Gasteiger partial charge in [0, 0.05) is 40.3 Å². The number of aliphatic hydroxyl groups excluding tert-OH is 1. The van der Waals surface area contributed by atoms with Crippen molar-refractivity contribution in [3.63, 3.8) is 0 Å². The Morgan fingerprint density at radius 1 is 1.38 bits per heavy atom. The average Bonchev–Trinajstić information content (AvgIpc) is 3.37. The lowest BCUT2D eigenvalue weighted by molar-refractivity contribution is 0.0998. The summed E-state index contributed by atoms with van der Waals surface area (Å²) in [7, 11) is 0. The Labute approximate surface area is 206 Å². The van der Waals surface area contributed by atoms with Crippen LogP contribution in [0.4, 0.5) is 0 Å². The van der Waals surface area contributed by atoms with Crippen LogP contribution in [0.25, 0.3) is 11.1 Å². The minimum atomic E-state index is -0.572. The number of nitrogens with zero attached hydrogens (tertiary/aromatic N) is 2. The van der Waals surface area contributed by atoms with Crippen molar-refractivity contribution in [2.75, 3.05) is 0 Å². The smallest absolute Gasteiger partial charge is 0.262 e. The van der Waals surface area contributed by atoms with Crippen LogP contribution in [-0.4, -0.2) is 26.3 Å². The summed E-state index contributed by atoms with van der Waals surface area (Å²) in [5.41, 5.74) is 9.11. The van der Waals surface area contributed by atoms with E-state index >= 15 is 0 Å². The largest absolute Gasteiger partial charge is 0.512 e. The summed E-state index contributed by atoms with van der Waals surface area (Å²) in [6.07, 6.45) is 5.76. The van der Waals surface area contributed by atoms with Crippen molar-refractivity contribution in [2.45, 2.75) is 33.3 Å². The van der Waals surface area contributed by atoms with Gasteiger partial charge in [-0.15, -0.1) is 11.3 Å². The number of amides is 1. The van der Waals surface area contributed by atoms with E-state index in [0.29, 0.717) is 33.4 Å². The SMILES string of the molecule is CC(=N)/C(=C(/C)O)C1C=Cc2c(ncn2-c2cc(OC(C)c3ccccc3Cl)c(C(N)=O)s2)C1. The monoisotopic (exact) mass is 496 g/mol. The molecule has 1 amide bonds. The zero-order valence-electron chi connectivity index (χ0n) is 19.0. The lowest BCUT2D eigenvalue weighted by Gasteiger charge is -2.20. The highest BCUT2D eigenvalue weighted by molar-refractivity contribution is 7.16. The zero-order chi connectivity index (χ0) is 24.6. The van der Waals surface area contributed by atoms with Crippen LogP contribution in [0.15, 0.2) is 54.1 Å². The van der Waals surface area contributed by atoms with Gasteiger partial charge in [-0.1, -0.05) is 35.9 Å². The molecule has 2 aromatic heterocycles. The van der Waals surface area contributed by atoms with Gasteiger partial charge in [0.25, 0.3) is 5.91 Å². The van der Waals surface area contributed by atoms with Gasteiger partial charge in [-0.05, 0) is 32.9 Å². The van der Waals surface area contributed by atoms with Crippen LogP contribution in [0.1, 0.15) is 53.5 Å². The van der Waals surface area contributed by atoms with Crippen LogP contribution in [0, 0.1) is 11.3 Å². The molecule has 0 radical (unpaired) electrons. The number of nitrogens with one attached hydrogen (secondary N) is 1. The number of carbonyl (C=O) groups excluding carboxylic acids is 1. The van der Waals surface area contributed by atoms with Gasteiger partial charge in [0.05, 0.1) is 17.1 Å². The Morgan fingerprint density at radius 2 is 2.12 bits per heavy atom. The molecule has 1 aromatic carbocycles. The lowest BCUT2D eigenvalue weighted by atomic mass is 9.86. The van der Waals surface area contributed by atoms with Crippen LogP contribution >= 0.6 is 22.9 Å². The number of thiophene rings is 1. The molecule has 4 N–H and O–H groups in total. The number of imidazole rings is 1. The van der Waals surface area contributed by atoms with E-state index < -0.39 is 5.91 Å². The quantitative estimate of drug-likeness (QED) is 0.279. The number of benzene rings is 1. The van der Waals surface area contributed by atoms with Gasteiger partial charge in [0.15, 0.2) is 0 Å². The molecule has 0 bridgehead atoms. The van der Waals surface area contributed by atoms with Gasteiger partial charge >= 0.3 is 0 Å². The number of fused-ring (bicyclic) bond motifs is 1. The molecule has 2 atom stereocenters. The number of hydrogen-bond acceptors (Lipinski definition) is 6. The van der Waals surface area contributed by atoms with Crippen LogP contribution < -0.4 is 10.5 Å².